The monoisotopic (exact) mass is 448 g/mol. The van der Waals surface area contributed by atoms with Crippen molar-refractivity contribution in [3.63, 3.8) is 0 Å². The van der Waals surface area contributed by atoms with E-state index in [1.54, 1.807) is 17.0 Å². The predicted molar refractivity (Wildman–Crippen MR) is 124 cm³/mol. The van der Waals surface area contributed by atoms with Crippen LogP contribution in [0.5, 0.6) is 0 Å². The molecule has 0 spiro atoms. The predicted octanol–water partition coefficient (Wildman–Crippen LogP) is 5.57. The molecule has 0 saturated heterocycles. The second kappa shape index (κ2) is 12.0. The molecule has 6 heteroatoms. The highest BCUT2D eigenvalue weighted by atomic mass is 35.5. The molecule has 0 saturated carbocycles. The van der Waals surface area contributed by atoms with E-state index in [-0.39, 0.29) is 11.8 Å². The molecule has 0 heterocycles. The standard InChI is InChI=1S/C24H30Cl2N2O2/c1-4-14-27-24(30)22(5-2)28(16-19-10-12-20(25)21(26)15-19)23(29)13-11-18-8-6-17(3)7-9-18/h6-10,12,15,22H,4-5,11,13-14,16H2,1-3H3,(H,27,30)/t22-/m1/s1. The molecule has 0 aliphatic heterocycles. The molecule has 4 nitrogen and oxygen atoms in total. The van der Waals surface area contributed by atoms with Gasteiger partial charge in [0.1, 0.15) is 6.04 Å². The Kier molecular flexibility index (Phi) is 9.67. The molecule has 0 aliphatic carbocycles. The van der Waals surface area contributed by atoms with Crippen molar-refractivity contribution in [3.8, 4) is 0 Å². The average Bonchev–Trinajstić information content (AvgIpc) is 2.74. The molecule has 2 amide bonds. The number of amides is 2. The van der Waals surface area contributed by atoms with Crippen LogP contribution in [0.15, 0.2) is 42.5 Å². The molecule has 0 radical (unpaired) electrons. The number of nitrogens with one attached hydrogen (secondary N) is 1. The smallest absolute Gasteiger partial charge is 0.242 e. The molecule has 0 aliphatic rings. The fraction of sp³-hybridized carbons (Fsp3) is 0.417. The lowest BCUT2D eigenvalue weighted by atomic mass is 10.0. The summed E-state index contributed by atoms with van der Waals surface area (Å²) in [6.45, 7) is 6.86. The summed E-state index contributed by atoms with van der Waals surface area (Å²) in [5, 5.41) is 3.82. The van der Waals surface area contributed by atoms with E-state index >= 15 is 0 Å². The van der Waals surface area contributed by atoms with Crippen molar-refractivity contribution in [2.45, 2.75) is 59.0 Å². The maximum atomic E-state index is 13.2. The first-order valence-corrected chi connectivity index (χ1v) is 11.2. The quantitative estimate of drug-likeness (QED) is 0.516. The van der Waals surface area contributed by atoms with E-state index in [4.69, 9.17) is 23.2 Å². The summed E-state index contributed by atoms with van der Waals surface area (Å²) in [6.07, 6.45) is 2.34. The number of aryl methyl sites for hydroxylation is 2. The molecule has 0 aromatic heterocycles. The zero-order valence-corrected chi connectivity index (χ0v) is 19.4. The molecule has 30 heavy (non-hydrogen) atoms. The van der Waals surface area contributed by atoms with Crippen LogP contribution in [0.25, 0.3) is 0 Å². The minimum atomic E-state index is -0.531. The molecule has 0 bridgehead atoms. The third-order valence-corrected chi connectivity index (χ3v) is 5.76. The van der Waals surface area contributed by atoms with Crippen LogP contribution in [0.4, 0.5) is 0 Å². The fourth-order valence-corrected chi connectivity index (χ4v) is 3.59. The maximum absolute atomic E-state index is 13.2. The first-order chi connectivity index (χ1) is 14.3. The average molecular weight is 449 g/mol. The van der Waals surface area contributed by atoms with Gasteiger partial charge in [-0.2, -0.15) is 0 Å². The highest BCUT2D eigenvalue weighted by Gasteiger charge is 2.28. The van der Waals surface area contributed by atoms with Gasteiger partial charge in [-0.25, -0.2) is 0 Å². The van der Waals surface area contributed by atoms with Crippen molar-refractivity contribution in [3.05, 3.63) is 69.2 Å². The highest BCUT2D eigenvalue weighted by Crippen LogP contribution is 2.24. The van der Waals surface area contributed by atoms with Crippen molar-refractivity contribution >= 4 is 35.0 Å². The Hall–Kier alpha value is -2.04. The van der Waals surface area contributed by atoms with Gasteiger partial charge in [-0.1, -0.05) is 72.9 Å². The highest BCUT2D eigenvalue weighted by molar-refractivity contribution is 6.42. The summed E-state index contributed by atoms with van der Waals surface area (Å²) in [5.41, 5.74) is 3.13. The summed E-state index contributed by atoms with van der Waals surface area (Å²) in [6, 6.07) is 12.9. The first-order valence-electron chi connectivity index (χ1n) is 10.4. The summed E-state index contributed by atoms with van der Waals surface area (Å²) in [4.78, 5) is 27.6. The van der Waals surface area contributed by atoms with Gasteiger partial charge in [0.25, 0.3) is 0 Å². The molecule has 2 aromatic rings. The lowest BCUT2D eigenvalue weighted by Gasteiger charge is -2.31. The fourth-order valence-electron chi connectivity index (χ4n) is 3.27. The lowest BCUT2D eigenvalue weighted by molar-refractivity contribution is -0.141. The van der Waals surface area contributed by atoms with Crippen LogP contribution in [0.3, 0.4) is 0 Å². The molecule has 2 rings (SSSR count). The Morgan fingerprint density at radius 1 is 1.00 bits per heavy atom. The van der Waals surface area contributed by atoms with Crippen molar-refractivity contribution in [2.24, 2.45) is 0 Å². The van der Waals surface area contributed by atoms with Crippen molar-refractivity contribution < 1.29 is 9.59 Å². The van der Waals surface area contributed by atoms with Gasteiger partial charge in [0.05, 0.1) is 10.0 Å². The van der Waals surface area contributed by atoms with E-state index < -0.39 is 6.04 Å². The van der Waals surface area contributed by atoms with E-state index in [2.05, 4.69) is 5.32 Å². The summed E-state index contributed by atoms with van der Waals surface area (Å²) >= 11 is 12.2. The van der Waals surface area contributed by atoms with Crippen molar-refractivity contribution in [1.82, 2.24) is 10.2 Å². The number of halogens is 2. The van der Waals surface area contributed by atoms with Crippen LogP contribution < -0.4 is 5.32 Å². The Balaban J connectivity index is 2.21. The maximum Gasteiger partial charge on any atom is 0.242 e. The van der Waals surface area contributed by atoms with E-state index in [0.717, 1.165) is 17.5 Å². The summed E-state index contributed by atoms with van der Waals surface area (Å²) < 4.78 is 0. The van der Waals surface area contributed by atoms with Gasteiger partial charge in [-0.05, 0) is 49.4 Å². The Morgan fingerprint density at radius 3 is 2.27 bits per heavy atom. The Morgan fingerprint density at radius 2 is 1.67 bits per heavy atom. The van der Waals surface area contributed by atoms with Crippen LogP contribution in [-0.4, -0.2) is 29.3 Å². The van der Waals surface area contributed by atoms with Crippen molar-refractivity contribution in [1.29, 1.82) is 0 Å². The minimum absolute atomic E-state index is 0.0554. The van der Waals surface area contributed by atoms with Gasteiger partial charge < -0.3 is 10.2 Å². The van der Waals surface area contributed by atoms with Crippen LogP contribution >= 0.6 is 23.2 Å². The molecule has 1 N–H and O–H groups in total. The third kappa shape index (κ3) is 7.03. The number of carbonyl (C=O) groups is 2. The molecule has 2 aromatic carbocycles. The minimum Gasteiger partial charge on any atom is -0.354 e. The van der Waals surface area contributed by atoms with Crippen LogP contribution in [-0.2, 0) is 22.6 Å². The van der Waals surface area contributed by atoms with Gasteiger partial charge in [0, 0.05) is 19.5 Å². The van der Waals surface area contributed by atoms with Crippen LogP contribution in [0, 0.1) is 6.92 Å². The number of carbonyl (C=O) groups excluding carboxylic acids is 2. The topological polar surface area (TPSA) is 49.4 Å². The summed E-state index contributed by atoms with van der Waals surface area (Å²) in [7, 11) is 0. The number of benzene rings is 2. The molecule has 162 valence electrons. The summed E-state index contributed by atoms with van der Waals surface area (Å²) in [5.74, 6) is -0.178. The zero-order valence-electron chi connectivity index (χ0n) is 17.9. The molecule has 1 atom stereocenters. The molecule has 0 unspecified atom stereocenters. The Bertz CT molecular complexity index is 853. The number of hydrogen-bond acceptors (Lipinski definition) is 2. The van der Waals surface area contributed by atoms with Gasteiger partial charge >= 0.3 is 0 Å². The van der Waals surface area contributed by atoms with Gasteiger partial charge in [0.2, 0.25) is 11.8 Å². The van der Waals surface area contributed by atoms with Crippen LogP contribution in [0.2, 0.25) is 10.0 Å². The van der Waals surface area contributed by atoms with E-state index in [1.807, 2.05) is 51.1 Å². The first kappa shape index (κ1) is 24.2. The van der Waals surface area contributed by atoms with E-state index in [0.29, 0.717) is 42.4 Å². The SMILES string of the molecule is CCCNC(=O)[C@@H](CC)N(Cc1ccc(Cl)c(Cl)c1)C(=O)CCc1ccc(C)cc1. The molecular weight excluding hydrogens is 419 g/mol. The zero-order chi connectivity index (χ0) is 22.1. The van der Waals surface area contributed by atoms with Crippen LogP contribution in [0.1, 0.15) is 49.8 Å². The van der Waals surface area contributed by atoms with Gasteiger partial charge in [-0.3, -0.25) is 9.59 Å². The van der Waals surface area contributed by atoms with Crippen molar-refractivity contribution in [2.75, 3.05) is 6.54 Å². The number of hydrogen-bond donors (Lipinski definition) is 1. The molecular formula is C24H30Cl2N2O2. The van der Waals surface area contributed by atoms with Gasteiger partial charge in [0.15, 0.2) is 0 Å². The number of rotatable bonds is 10. The largest absolute Gasteiger partial charge is 0.354 e. The van der Waals surface area contributed by atoms with E-state index in [1.165, 1.54) is 5.56 Å². The molecule has 0 fully saturated rings. The van der Waals surface area contributed by atoms with Gasteiger partial charge in [-0.15, -0.1) is 0 Å². The van der Waals surface area contributed by atoms with E-state index in [9.17, 15) is 9.59 Å². The normalized spacial score (nSPS) is 11.8. The lowest BCUT2D eigenvalue weighted by Crippen LogP contribution is -2.49. The third-order valence-electron chi connectivity index (χ3n) is 5.02. The number of nitrogens with zero attached hydrogens (tertiary/aromatic N) is 1. The Labute approximate surface area is 189 Å². The second-order valence-electron chi connectivity index (χ2n) is 7.47. The second-order valence-corrected chi connectivity index (χ2v) is 8.29.